The zero-order valence-electron chi connectivity index (χ0n) is 11.2. The van der Waals surface area contributed by atoms with E-state index in [4.69, 9.17) is 11.6 Å². The lowest BCUT2D eigenvalue weighted by Crippen LogP contribution is -2.35. The van der Waals surface area contributed by atoms with Crippen LogP contribution in [0.25, 0.3) is 0 Å². The Labute approximate surface area is 117 Å². The van der Waals surface area contributed by atoms with Crippen LogP contribution in [0.1, 0.15) is 27.2 Å². The molecule has 0 aromatic carbocycles. The van der Waals surface area contributed by atoms with Gasteiger partial charge in [0.2, 0.25) is 0 Å². The van der Waals surface area contributed by atoms with E-state index in [-0.39, 0.29) is 17.3 Å². The van der Waals surface area contributed by atoms with E-state index in [0.29, 0.717) is 18.2 Å². The summed E-state index contributed by atoms with van der Waals surface area (Å²) < 4.78 is 0. The average Bonchev–Trinajstić information content (AvgIpc) is 2.25. The van der Waals surface area contributed by atoms with Gasteiger partial charge in [0.05, 0.1) is 15.5 Å². The van der Waals surface area contributed by atoms with Crippen molar-refractivity contribution in [2.75, 3.05) is 11.9 Å². The molecule has 6 nitrogen and oxygen atoms in total. The maximum Gasteiger partial charge on any atom is 0.289 e. The Morgan fingerprint density at radius 2 is 2.26 bits per heavy atom. The number of anilines is 1. The Balaban J connectivity index is 2.71. The number of hydrogen-bond donors (Lipinski definition) is 2. The first-order chi connectivity index (χ1) is 8.71. The molecule has 7 heteroatoms. The maximum atomic E-state index is 10.5. The summed E-state index contributed by atoms with van der Waals surface area (Å²) in [6.45, 7) is 6.03. The lowest BCUT2D eigenvalue weighted by molar-refractivity contribution is -0.385. The second-order valence-electron chi connectivity index (χ2n) is 5.23. The lowest BCUT2D eigenvalue weighted by Gasteiger charge is -2.25. The van der Waals surface area contributed by atoms with Crippen LogP contribution < -0.4 is 5.32 Å². The molecule has 1 aromatic rings. The van der Waals surface area contributed by atoms with Crippen molar-refractivity contribution in [3.05, 3.63) is 27.4 Å². The molecule has 1 unspecified atom stereocenters. The predicted octanol–water partition coefficient (Wildman–Crippen LogP) is 2.85. The van der Waals surface area contributed by atoms with E-state index in [1.165, 1.54) is 6.07 Å². The normalized spacial score (nSPS) is 14.2. The summed E-state index contributed by atoms with van der Waals surface area (Å²) in [5, 5.41) is 23.8. The molecule has 1 rings (SSSR count). The van der Waals surface area contributed by atoms with Crippen LogP contribution in [0.2, 0.25) is 5.02 Å². The Bertz CT molecular complexity index is 464. The number of halogens is 1. The average molecular weight is 288 g/mol. The van der Waals surface area contributed by atoms with Crippen molar-refractivity contribution >= 4 is 23.1 Å². The molecule has 0 radical (unpaired) electrons. The molecule has 1 heterocycles. The number of hydrogen-bond acceptors (Lipinski definition) is 5. The SMILES string of the molecule is CC(C)CC(C)(O)CNc1ncc([N+](=O)[O-])cc1Cl. The van der Waals surface area contributed by atoms with Crippen molar-refractivity contribution in [1.29, 1.82) is 0 Å². The van der Waals surface area contributed by atoms with Gasteiger partial charge in [-0.15, -0.1) is 0 Å². The van der Waals surface area contributed by atoms with E-state index in [9.17, 15) is 15.2 Å². The second kappa shape index (κ2) is 6.16. The highest BCUT2D eigenvalue weighted by Gasteiger charge is 2.22. The first-order valence-corrected chi connectivity index (χ1v) is 6.35. The number of nitrogens with one attached hydrogen (secondary N) is 1. The van der Waals surface area contributed by atoms with Gasteiger partial charge in [-0.3, -0.25) is 10.1 Å². The first kappa shape index (κ1) is 15.7. The lowest BCUT2D eigenvalue weighted by atomic mass is 9.94. The van der Waals surface area contributed by atoms with Crippen molar-refractivity contribution in [3.63, 3.8) is 0 Å². The van der Waals surface area contributed by atoms with Crippen LogP contribution in [0.4, 0.5) is 11.5 Å². The summed E-state index contributed by atoms with van der Waals surface area (Å²) in [4.78, 5) is 13.9. The van der Waals surface area contributed by atoms with Gasteiger partial charge in [0.1, 0.15) is 12.0 Å². The molecular formula is C12H18ClN3O3. The second-order valence-corrected chi connectivity index (χ2v) is 5.64. The number of pyridine rings is 1. The Morgan fingerprint density at radius 3 is 2.74 bits per heavy atom. The highest BCUT2D eigenvalue weighted by Crippen LogP contribution is 2.25. The highest BCUT2D eigenvalue weighted by atomic mass is 35.5. The zero-order valence-corrected chi connectivity index (χ0v) is 11.9. The molecule has 0 aliphatic rings. The minimum Gasteiger partial charge on any atom is -0.388 e. The van der Waals surface area contributed by atoms with Crippen LogP contribution in [-0.4, -0.2) is 27.2 Å². The molecule has 0 amide bonds. The topological polar surface area (TPSA) is 88.3 Å². The molecule has 1 aromatic heterocycles. The van der Waals surface area contributed by atoms with Gasteiger partial charge in [0, 0.05) is 12.6 Å². The molecule has 0 aliphatic carbocycles. The molecule has 0 saturated carbocycles. The van der Waals surface area contributed by atoms with Gasteiger partial charge in [-0.2, -0.15) is 0 Å². The smallest absolute Gasteiger partial charge is 0.289 e. The molecule has 0 aliphatic heterocycles. The highest BCUT2D eigenvalue weighted by molar-refractivity contribution is 6.33. The Morgan fingerprint density at radius 1 is 1.63 bits per heavy atom. The largest absolute Gasteiger partial charge is 0.388 e. The third-order valence-electron chi connectivity index (χ3n) is 2.52. The van der Waals surface area contributed by atoms with Crippen LogP contribution in [0, 0.1) is 16.0 Å². The summed E-state index contributed by atoms with van der Waals surface area (Å²) >= 11 is 5.90. The number of aromatic nitrogens is 1. The molecule has 0 bridgehead atoms. The fraction of sp³-hybridized carbons (Fsp3) is 0.583. The number of aliphatic hydroxyl groups is 1. The van der Waals surface area contributed by atoms with E-state index >= 15 is 0 Å². The minimum atomic E-state index is -0.888. The molecule has 0 spiro atoms. The minimum absolute atomic E-state index is 0.162. The summed E-state index contributed by atoms with van der Waals surface area (Å²) in [7, 11) is 0. The van der Waals surface area contributed by atoms with E-state index < -0.39 is 10.5 Å². The third kappa shape index (κ3) is 5.00. The van der Waals surface area contributed by atoms with Gasteiger partial charge in [0.15, 0.2) is 0 Å². The zero-order chi connectivity index (χ0) is 14.6. The van der Waals surface area contributed by atoms with E-state index in [2.05, 4.69) is 10.3 Å². The molecule has 0 saturated heterocycles. The van der Waals surface area contributed by atoms with Crippen LogP contribution in [-0.2, 0) is 0 Å². The van der Waals surface area contributed by atoms with Gasteiger partial charge in [0.25, 0.3) is 5.69 Å². The summed E-state index contributed by atoms with van der Waals surface area (Å²) in [5.74, 6) is 0.688. The first-order valence-electron chi connectivity index (χ1n) is 5.97. The maximum absolute atomic E-state index is 10.5. The fourth-order valence-electron chi connectivity index (χ4n) is 1.88. The quantitative estimate of drug-likeness (QED) is 0.620. The molecule has 2 N–H and O–H groups in total. The summed E-state index contributed by atoms with van der Waals surface area (Å²) in [5.41, 5.74) is -1.05. The third-order valence-corrected chi connectivity index (χ3v) is 2.81. The monoisotopic (exact) mass is 287 g/mol. The molecule has 1 atom stereocenters. The number of rotatable bonds is 6. The van der Waals surface area contributed by atoms with Crippen molar-refractivity contribution in [2.24, 2.45) is 5.92 Å². The molecule has 19 heavy (non-hydrogen) atoms. The van der Waals surface area contributed by atoms with Crippen LogP contribution >= 0.6 is 11.6 Å². The number of nitro groups is 1. The summed E-state index contributed by atoms with van der Waals surface area (Å²) in [6, 6.07) is 1.23. The summed E-state index contributed by atoms with van der Waals surface area (Å²) in [6.07, 6.45) is 1.76. The molecular weight excluding hydrogens is 270 g/mol. The van der Waals surface area contributed by atoms with Crippen molar-refractivity contribution in [1.82, 2.24) is 4.98 Å². The standard InChI is InChI=1S/C12H18ClN3O3/c1-8(2)5-12(3,17)7-15-11-10(13)4-9(6-14-11)16(18)19/h4,6,8,17H,5,7H2,1-3H3,(H,14,15). The Hall–Kier alpha value is -1.40. The fourth-order valence-corrected chi connectivity index (χ4v) is 2.11. The van der Waals surface area contributed by atoms with Crippen molar-refractivity contribution < 1.29 is 10.0 Å². The van der Waals surface area contributed by atoms with E-state index in [1.807, 2.05) is 13.8 Å². The van der Waals surface area contributed by atoms with E-state index in [0.717, 1.165) is 6.20 Å². The van der Waals surface area contributed by atoms with Crippen molar-refractivity contribution in [2.45, 2.75) is 32.8 Å². The van der Waals surface area contributed by atoms with E-state index in [1.54, 1.807) is 6.92 Å². The van der Waals surface area contributed by atoms with Crippen LogP contribution in [0.3, 0.4) is 0 Å². The van der Waals surface area contributed by atoms with Gasteiger partial charge in [-0.05, 0) is 19.3 Å². The van der Waals surface area contributed by atoms with Gasteiger partial charge >= 0.3 is 0 Å². The van der Waals surface area contributed by atoms with Crippen LogP contribution in [0.15, 0.2) is 12.3 Å². The molecule has 106 valence electrons. The van der Waals surface area contributed by atoms with Gasteiger partial charge < -0.3 is 10.4 Å². The predicted molar refractivity (Wildman–Crippen MR) is 74.5 cm³/mol. The van der Waals surface area contributed by atoms with Crippen LogP contribution in [0.5, 0.6) is 0 Å². The molecule has 0 fully saturated rings. The van der Waals surface area contributed by atoms with Gasteiger partial charge in [-0.25, -0.2) is 4.98 Å². The van der Waals surface area contributed by atoms with Crippen molar-refractivity contribution in [3.8, 4) is 0 Å². The Kier molecular flexibility index (Phi) is 5.08. The number of nitrogens with zero attached hydrogens (tertiary/aromatic N) is 2. The van der Waals surface area contributed by atoms with Gasteiger partial charge in [-0.1, -0.05) is 25.4 Å².